The van der Waals surface area contributed by atoms with Crippen molar-refractivity contribution in [1.82, 2.24) is 5.43 Å². The van der Waals surface area contributed by atoms with Crippen LogP contribution in [-0.2, 0) is 11.2 Å². The van der Waals surface area contributed by atoms with Crippen molar-refractivity contribution >= 4 is 12.1 Å². The summed E-state index contributed by atoms with van der Waals surface area (Å²) in [4.78, 5) is 12.0. The van der Waals surface area contributed by atoms with Gasteiger partial charge in [-0.2, -0.15) is 5.10 Å². The van der Waals surface area contributed by atoms with Crippen LogP contribution in [0.3, 0.4) is 0 Å². The van der Waals surface area contributed by atoms with Crippen LogP contribution in [-0.4, -0.2) is 32.4 Å². The molecule has 0 heterocycles. The zero-order valence-electron chi connectivity index (χ0n) is 15.5. The van der Waals surface area contributed by atoms with E-state index in [1.54, 1.807) is 26.5 Å². The van der Waals surface area contributed by atoms with Crippen molar-refractivity contribution in [1.29, 1.82) is 0 Å². The molecule has 0 bridgehead atoms. The maximum Gasteiger partial charge on any atom is 0.244 e. The van der Waals surface area contributed by atoms with Crippen LogP contribution in [0.1, 0.15) is 25.0 Å². The summed E-state index contributed by atoms with van der Waals surface area (Å²) in [5, 5.41) is 3.99. The molecule has 0 aliphatic heterocycles. The molecule has 6 nitrogen and oxygen atoms in total. The Hall–Kier alpha value is -3.02. The predicted molar refractivity (Wildman–Crippen MR) is 101 cm³/mol. The average molecular weight is 356 g/mol. The summed E-state index contributed by atoms with van der Waals surface area (Å²) in [5.41, 5.74) is 4.20. The first-order valence-corrected chi connectivity index (χ1v) is 8.31. The Kier molecular flexibility index (Phi) is 7.02. The molecular weight excluding hydrogens is 332 g/mol. The third-order valence-corrected chi connectivity index (χ3v) is 3.48. The molecule has 0 saturated heterocycles. The van der Waals surface area contributed by atoms with E-state index in [0.717, 1.165) is 16.9 Å². The van der Waals surface area contributed by atoms with Crippen LogP contribution in [0, 0.1) is 0 Å². The normalized spacial score (nSPS) is 10.8. The molecular formula is C20H24N2O4. The minimum atomic E-state index is -0.196. The number of nitrogens with zero attached hydrogens (tertiary/aromatic N) is 1. The Morgan fingerprint density at radius 2 is 1.81 bits per heavy atom. The molecule has 0 atom stereocenters. The number of ether oxygens (including phenoxy) is 3. The standard InChI is InChI=1S/C20H24N2O4/c1-14(2)26-18-10-7-16(11-19(18)25-4)13-21-22-20(23)12-15-5-8-17(24-3)9-6-15/h5-11,13-14H,12H2,1-4H3,(H,22,23)/b21-13+. The van der Waals surface area contributed by atoms with E-state index in [0.29, 0.717) is 11.5 Å². The fourth-order valence-electron chi connectivity index (χ4n) is 2.26. The van der Waals surface area contributed by atoms with Gasteiger partial charge in [0.15, 0.2) is 11.5 Å². The van der Waals surface area contributed by atoms with Crippen molar-refractivity contribution in [2.45, 2.75) is 26.4 Å². The van der Waals surface area contributed by atoms with Gasteiger partial charge in [-0.15, -0.1) is 0 Å². The maximum atomic E-state index is 12.0. The summed E-state index contributed by atoms with van der Waals surface area (Å²) in [5.74, 6) is 1.85. The van der Waals surface area contributed by atoms with E-state index in [9.17, 15) is 4.79 Å². The molecule has 0 aromatic heterocycles. The largest absolute Gasteiger partial charge is 0.497 e. The van der Waals surface area contributed by atoms with Gasteiger partial charge in [-0.05, 0) is 55.3 Å². The molecule has 2 rings (SSSR count). The SMILES string of the molecule is COc1ccc(CC(=O)N/N=C/c2ccc(OC(C)C)c(OC)c2)cc1. The summed E-state index contributed by atoms with van der Waals surface area (Å²) in [6, 6.07) is 12.8. The lowest BCUT2D eigenvalue weighted by atomic mass is 10.1. The Morgan fingerprint density at radius 3 is 2.42 bits per heavy atom. The molecule has 26 heavy (non-hydrogen) atoms. The number of hydrazone groups is 1. The Labute approximate surface area is 153 Å². The van der Waals surface area contributed by atoms with Crippen LogP contribution in [0.15, 0.2) is 47.6 Å². The van der Waals surface area contributed by atoms with E-state index >= 15 is 0 Å². The van der Waals surface area contributed by atoms with Gasteiger partial charge in [-0.25, -0.2) is 5.43 Å². The minimum Gasteiger partial charge on any atom is -0.497 e. The molecule has 2 aromatic rings. The number of amides is 1. The van der Waals surface area contributed by atoms with E-state index in [2.05, 4.69) is 10.5 Å². The minimum absolute atomic E-state index is 0.0562. The van der Waals surface area contributed by atoms with Crippen molar-refractivity contribution in [3.63, 3.8) is 0 Å². The third-order valence-electron chi connectivity index (χ3n) is 3.48. The Balaban J connectivity index is 1.93. The molecule has 0 spiro atoms. The predicted octanol–water partition coefficient (Wildman–Crippen LogP) is 3.18. The van der Waals surface area contributed by atoms with Crippen molar-refractivity contribution in [2.24, 2.45) is 5.10 Å². The topological polar surface area (TPSA) is 69.2 Å². The number of benzene rings is 2. The van der Waals surface area contributed by atoms with Crippen LogP contribution in [0.2, 0.25) is 0 Å². The second-order valence-electron chi connectivity index (χ2n) is 5.89. The summed E-state index contributed by atoms with van der Waals surface area (Å²) in [6.07, 6.45) is 1.86. The zero-order chi connectivity index (χ0) is 18.9. The first-order chi connectivity index (χ1) is 12.5. The number of methoxy groups -OCH3 is 2. The molecule has 1 N–H and O–H groups in total. The fraction of sp³-hybridized carbons (Fsp3) is 0.300. The van der Waals surface area contributed by atoms with Crippen LogP contribution >= 0.6 is 0 Å². The Morgan fingerprint density at radius 1 is 1.08 bits per heavy atom. The van der Waals surface area contributed by atoms with E-state index in [1.165, 1.54) is 0 Å². The molecule has 1 amide bonds. The van der Waals surface area contributed by atoms with Crippen molar-refractivity contribution in [3.8, 4) is 17.2 Å². The molecule has 0 aliphatic carbocycles. The molecule has 0 aliphatic rings. The van der Waals surface area contributed by atoms with Gasteiger partial charge in [0.25, 0.3) is 0 Å². The fourth-order valence-corrected chi connectivity index (χ4v) is 2.26. The number of hydrogen-bond donors (Lipinski definition) is 1. The number of hydrogen-bond acceptors (Lipinski definition) is 5. The van der Waals surface area contributed by atoms with Gasteiger partial charge in [-0.1, -0.05) is 12.1 Å². The summed E-state index contributed by atoms with van der Waals surface area (Å²) in [6.45, 7) is 3.90. The van der Waals surface area contributed by atoms with Crippen LogP contribution in [0.5, 0.6) is 17.2 Å². The highest BCUT2D eigenvalue weighted by molar-refractivity contribution is 5.84. The molecule has 138 valence electrons. The lowest BCUT2D eigenvalue weighted by Gasteiger charge is -2.13. The zero-order valence-corrected chi connectivity index (χ0v) is 15.5. The van der Waals surface area contributed by atoms with Crippen molar-refractivity contribution in [3.05, 3.63) is 53.6 Å². The smallest absolute Gasteiger partial charge is 0.244 e. The first-order valence-electron chi connectivity index (χ1n) is 8.31. The van der Waals surface area contributed by atoms with Gasteiger partial charge in [0.1, 0.15) is 5.75 Å². The van der Waals surface area contributed by atoms with Crippen LogP contribution in [0.25, 0.3) is 0 Å². The van der Waals surface area contributed by atoms with Crippen LogP contribution < -0.4 is 19.6 Å². The van der Waals surface area contributed by atoms with Crippen molar-refractivity contribution < 1.29 is 19.0 Å². The average Bonchev–Trinajstić information content (AvgIpc) is 2.63. The number of carbonyl (C=O) groups is 1. The lowest BCUT2D eigenvalue weighted by Crippen LogP contribution is -2.19. The monoisotopic (exact) mass is 356 g/mol. The molecule has 0 fully saturated rings. The highest BCUT2D eigenvalue weighted by Crippen LogP contribution is 2.28. The summed E-state index contributed by atoms with van der Waals surface area (Å²) >= 11 is 0. The molecule has 0 unspecified atom stereocenters. The molecule has 2 aromatic carbocycles. The number of carbonyl (C=O) groups excluding carboxylic acids is 1. The van der Waals surface area contributed by atoms with Crippen molar-refractivity contribution in [2.75, 3.05) is 14.2 Å². The van der Waals surface area contributed by atoms with Gasteiger partial charge in [0, 0.05) is 0 Å². The highest BCUT2D eigenvalue weighted by atomic mass is 16.5. The summed E-state index contributed by atoms with van der Waals surface area (Å²) in [7, 11) is 3.19. The maximum absolute atomic E-state index is 12.0. The molecule has 6 heteroatoms. The van der Waals surface area contributed by atoms with Gasteiger partial charge in [0.2, 0.25) is 5.91 Å². The second kappa shape index (κ2) is 9.46. The van der Waals surface area contributed by atoms with Gasteiger partial charge >= 0.3 is 0 Å². The lowest BCUT2D eigenvalue weighted by molar-refractivity contribution is -0.120. The van der Waals surface area contributed by atoms with E-state index in [1.807, 2.05) is 50.2 Å². The van der Waals surface area contributed by atoms with E-state index in [-0.39, 0.29) is 18.4 Å². The third kappa shape index (κ3) is 5.81. The van der Waals surface area contributed by atoms with Gasteiger partial charge < -0.3 is 14.2 Å². The molecule has 0 radical (unpaired) electrons. The first kappa shape index (κ1) is 19.3. The number of nitrogens with one attached hydrogen (secondary N) is 1. The second-order valence-corrected chi connectivity index (χ2v) is 5.89. The van der Waals surface area contributed by atoms with Gasteiger partial charge in [-0.3, -0.25) is 4.79 Å². The summed E-state index contributed by atoms with van der Waals surface area (Å²) < 4.78 is 16.1. The molecule has 0 saturated carbocycles. The number of rotatable bonds is 8. The quantitative estimate of drug-likeness (QED) is 0.583. The Bertz CT molecular complexity index is 755. The van der Waals surface area contributed by atoms with E-state index in [4.69, 9.17) is 14.2 Å². The van der Waals surface area contributed by atoms with Gasteiger partial charge in [0.05, 0.1) is 33.0 Å². The van der Waals surface area contributed by atoms with E-state index < -0.39 is 0 Å². The highest BCUT2D eigenvalue weighted by Gasteiger charge is 2.07. The van der Waals surface area contributed by atoms with Crippen LogP contribution in [0.4, 0.5) is 0 Å².